The van der Waals surface area contributed by atoms with Gasteiger partial charge in [0.25, 0.3) is 0 Å². The zero-order chi connectivity index (χ0) is 10.6. The molecule has 78 valence electrons. The Kier molecular flexibility index (Phi) is 3.21. The van der Waals surface area contributed by atoms with Crippen molar-refractivity contribution >= 4 is 11.6 Å². The molecular weight excluding hydrogens is 184 g/mol. The molecule has 6 nitrogen and oxygen atoms in total. The number of rotatable bonds is 4. The molecule has 1 aromatic rings. The largest absolute Gasteiger partial charge is 0.393 e. The molecule has 0 aliphatic carbocycles. The lowest BCUT2D eigenvalue weighted by atomic mass is 10.1. The van der Waals surface area contributed by atoms with Crippen LogP contribution in [0.3, 0.4) is 0 Å². The lowest BCUT2D eigenvalue weighted by molar-refractivity contribution is 0.0132. The van der Waals surface area contributed by atoms with Gasteiger partial charge in [0, 0.05) is 12.6 Å². The summed E-state index contributed by atoms with van der Waals surface area (Å²) in [6, 6.07) is 1.55. The molecule has 0 aliphatic rings. The minimum atomic E-state index is -1.17. The van der Waals surface area contributed by atoms with Crippen LogP contribution in [0.2, 0.25) is 0 Å². The minimum Gasteiger partial charge on any atom is -0.393 e. The highest BCUT2D eigenvalue weighted by atomic mass is 16.3. The number of nitrogens with two attached hydrogens (primary N) is 1. The molecule has 0 saturated heterocycles. The van der Waals surface area contributed by atoms with Gasteiger partial charge in [-0.25, -0.2) is 9.97 Å². The summed E-state index contributed by atoms with van der Waals surface area (Å²) in [4.78, 5) is 7.60. The third-order valence-corrected chi connectivity index (χ3v) is 1.68. The van der Waals surface area contributed by atoms with Crippen LogP contribution < -0.4 is 11.1 Å². The lowest BCUT2D eigenvalue weighted by Gasteiger charge is -2.20. The van der Waals surface area contributed by atoms with Crippen molar-refractivity contribution < 1.29 is 10.2 Å². The van der Waals surface area contributed by atoms with Crippen LogP contribution in [0.15, 0.2) is 12.4 Å². The van der Waals surface area contributed by atoms with Gasteiger partial charge in [-0.15, -0.1) is 0 Å². The van der Waals surface area contributed by atoms with Crippen molar-refractivity contribution in [3.8, 4) is 0 Å². The summed E-state index contributed by atoms with van der Waals surface area (Å²) in [6.45, 7) is 1.39. The first-order chi connectivity index (χ1) is 6.53. The molecule has 6 heteroatoms. The van der Waals surface area contributed by atoms with Crippen LogP contribution in [0.1, 0.15) is 6.92 Å². The van der Waals surface area contributed by atoms with E-state index < -0.39 is 5.60 Å². The summed E-state index contributed by atoms with van der Waals surface area (Å²) < 4.78 is 0. The van der Waals surface area contributed by atoms with E-state index >= 15 is 0 Å². The SMILES string of the molecule is CC(O)(CO)CNc1cc(N)ncn1. The molecule has 0 bridgehead atoms. The van der Waals surface area contributed by atoms with Gasteiger partial charge in [0.15, 0.2) is 0 Å². The second kappa shape index (κ2) is 4.21. The zero-order valence-electron chi connectivity index (χ0n) is 7.94. The molecule has 0 saturated carbocycles. The number of anilines is 2. The standard InChI is InChI=1S/C8H14N4O2/c1-8(14,4-13)3-10-7-2-6(9)11-5-12-7/h2,5,13-14H,3-4H2,1H3,(H3,9,10,11,12). The Morgan fingerprint density at radius 3 is 2.86 bits per heavy atom. The molecule has 0 radical (unpaired) electrons. The van der Waals surface area contributed by atoms with Crippen molar-refractivity contribution in [2.24, 2.45) is 0 Å². The van der Waals surface area contributed by atoms with Crippen molar-refractivity contribution in [2.45, 2.75) is 12.5 Å². The number of aromatic nitrogens is 2. The quantitative estimate of drug-likeness (QED) is 0.505. The smallest absolute Gasteiger partial charge is 0.131 e. The van der Waals surface area contributed by atoms with Crippen molar-refractivity contribution in [3.05, 3.63) is 12.4 Å². The Bertz CT molecular complexity index is 303. The summed E-state index contributed by atoms with van der Waals surface area (Å²) in [5.41, 5.74) is 4.26. The highest BCUT2D eigenvalue weighted by Crippen LogP contribution is 2.07. The summed E-state index contributed by atoms with van der Waals surface area (Å²) in [5, 5.41) is 21.1. The lowest BCUT2D eigenvalue weighted by Crippen LogP contribution is -2.37. The molecule has 14 heavy (non-hydrogen) atoms. The van der Waals surface area contributed by atoms with Gasteiger partial charge in [0.1, 0.15) is 23.6 Å². The van der Waals surface area contributed by atoms with E-state index in [1.165, 1.54) is 13.3 Å². The average molecular weight is 198 g/mol. The van der Waals surface area contributed by atoms with Gasteiger partial charge in [-0.05, 0) is 6.92 Å². The van der Waals surface area contributed by atoms with Crippen LogP contribution in [-0.2, 0) is 0 Å². The topological polar surface area (TPSA) is 104 Å². The van der Waals surface area contributed by atoms with Crippen LogP contribution in [0.5, 0.6) is 0 Å². The summed E-state index contributed by atoms with van der Waals surface area (Å²) in [5.74, 6) is 0.873. The monoisotopic (exact) mass is 198 g/mol. The van der Waals surface area contributed by atoms with E-state index in [1.54, 1.807) is 6.07 Å². The van der Waals surface area contributed by atoms with E-state index in [9.17, 15) is 5.11 Å². The Morgan fingerprint density at radius 2 is 2.29 bits per heavy atom. The third-order valence-electron chi connectivity index (χ3n) is 1.68. The molecule has 0 aliphatic heterocycles. The molecule has 0 aromatic carbocycles. The molecule has 0 spiro atoms. The highest BCUT2D eigenvalue weighted by Gasteiger charge is 2.18. The van der Waals surface area contributed by atoms with Crippen LogP contribution >= 0.6 is 0 Å². The second-order valence-corrected chi connectivity index (χ2v) is 3.34. The second-order valence-electron chi connectivity index (χ2n) is 3.34. The Morgan fingerprint density at radius 1 is 1.57 bits per heavy atom. The van der Waals surface area contributed by atoms with E-state index in [1.807, 2.05) is 0 Å². The minimum absolute atomic E-state index is 0.194. The molecule has 0 amide bonds. The van der Waals surface area contributed by atoms with Crippen LogP contribution in [0, 0.1) is 0 Å². The maximum Gasteiger partial charge on any atom is 0.131 e. The first-order valence-corrected chi connectivity index (χ1v) is 4.18. The fourth-order valence-corrected chi connectivity index (χ4v) is 0.806. The van der Waals surface area contributed by atoms with Crippen LogP contribution in [0.25, 0.3) is 0 Å². The maximum absolute atomic E-state index is 9.47. The molecule has 0 fully saturated rings. The van der Waals surface area contributed by atoms with Gasteiger partial charge in [-0.1, -0.05) is 0 Å². The van der Waals surface area contributed by atoms with Gasteiger partial charge >= 0.3 is 0 Å². The molecule has 5 N–H and O–H groups in total. The van der Waals surface area contributed by atoms with E-state index in [0.717, 1.165) is 0 Å². The molecule has 1 unspecified atom stereocenters. The number of aliphatic hydroxyl groups is 2. The molecule has 1 heterocycles. The van der Waals surface area contributed by atoms with Gasteiger partial charge in [-0.3, -0.25) is 0 Å². The van der Waals surface area contributed by atoms with Gasteiger partial charge in [-0.2, -0.15) is 0 Å². The van der Waals surface area contributed by atoms with Crippen LogP contribution in [-0.4, -0.2) is 38.9 Å². The number of aliphatic hydroxyl groups excluding tert-OH is 1. The molecule has 1 atom stereocenters. The van der Waals surface area contributed by atoms with E-state index in [0.29, 0.717) is 11.6 Å². The van der Waals surface area contributed by atoms with Crippen molar-refractivity contribution in [2.75, 3.05) is 24.2 Å². The zero-order valence-corrected chi connectivity index (χ0v) is 7.94. The maximum atomic E-state index is 9.47. The fourth-order valence-electron chi connectivity index (χ4n) is 0.806. The molecule has 1 aromatic heterocycles. The Hall–Kier alpha value is -1.40. The van der Waals surface area contributed by atoms with E-state index in [4.69, 9.17) is 10.8 Å². The first-order valence-electron chi connectivity index (χ1n) is 4.18. The highest BCUT2D eigenvalue weighted by molar-refractivity contribution is 5.43. The van der Waals surface area contributed by atoms with Crippen molar-refractivity contribution in [1.29, 1.82) is 0 Å². The average Bonchev–Trinajstić information content (AvgIpc) is 2.15. The van der Waals surface area contributed by atoms with Gasteiger partial charge in [0.05, 0.1) is 6.61 Å². The van der Waals surface area contributed by atoms with E-state index in [-0.39, 0.29) is 13.2 Å². The molecule has 1 rings (SSSR count). The van der Waals surface area contributed by atoms with E-state index in [2.05, 4.69) is 15.3 Å². The fraction of sp³-hybridized carbons (Fsp3) is 0.500. The van der Waals surface area contributed by atoms with Crippen molar-refractivity contribution in [1.82, 2.24) is 9.97 Å². The van der Waals surface area contributed by atoms with Crippen molar-refractivity contribution in [3.63, 3.8) is 0 Å². The normalized spacial score (nSPS) is 14.8. The number of nitrogens with zero attached hydrogens (tertiary/aromatic N) is 2. The summed E-state index contributed by atoms with van der Waals surface area (Å²) >= 11 is 0. The Balaban J connectivity index is 2.54. The third kappa shape index (κ3) is 3.15. The predicted octanol–water partition coefficient (Wildman–Crippen LogP) is -0.786. The predicted molar refractivity (Wildman–Crippen MR) is 52.6 cm³/mol. The van der Waals surface area contributed by atoms with Gasteiger partial charge in [0.2, 0.25) is 0 Å². The number of hydrogen-bond acceptors (Lipinski definition) is 6. The summed E-state index contributed by atoms with van der Waals surface area (Å²) in [7, 11) is 0. The molecular formula is C8H14N4O2. The van der Waals surface area contributed by atoms with Crippen LogP contribution in [0.4, 0.5) is 11.6 Å². The first kappa shape index (κ1) is 10.7. The number of hydrogen-bond donors (Lipinski definition) is 4. The van der Waals surface area contributed by atoms with Gasteiger partial charge < -0.3 is 21.3 Å². The summed E-state index contributed by atoms with van der Waals surface area (Å²) in [6.07, 6.45) is 1.32. The number of nitrogens with one attached hydrogen (secondary N) is 1. The number of nitrogen functional groups attached to an aromatic ring is 1. The Labute approximate surface area is 81.8 Å².